The van der Waals surface area contributed by atoms with Crippen LogP contribution in [-0.2, 0) is 0 Å². The van der Waals surface area contributed by atoms with E-state index in [2.05, 4.69) is 6.92 Å². The molecule has 0 aliphatic carbocycles. The van der Waals surface area contributed by atoms with E-state index in [1.54, 1.807) is 36.5 Å². The molecular weight excluding hydrogens is 228 g/mol. The van der Waals surface area contributed by atoms with Gasteiger partial charge in [-0.15, -0.1) is 0 Å². The van der Waals surface area contributed by atoms with Crippen molar-refractivity contribution in [3.63, 3.8) is 0 Å². The van der Waals surface area contributed by atoms with Gasteiger partial charge < -0.3 is 15.3 Å². The van der Waals surface area contributed by atoms with E-state index in [0.717, 1.165) is 6.42 Å². The fourth-order valence-corrected chi connectivity index (χ4v) is 1.22. The van der Waals surface area contributed by atoms with E-state index < -0.39 is 12.2 Å². The molecule has 0 aliphatic rings. The van der Waals surface area contributed by atoms with E-state index in [1.807, 2.05) is 12.2 Å². The summed E-state index contributed by atoms with van der Waals surface area (Å²) in [6.07, 6.45) is 15.3. The van der Waals surface area contributed by atoms with Gasteiger partial charge in [0.25, 0.3) is 0 Å². The molecule has 18 heavy (non-hydrogen) atoms. The maximum Gasteiger partial charge on any atom is 0.0758 e. The fourth-order valence-electron chi connectivity index (χ4n) is 1.22. The summed E-state index contributed by atoms with van der Waals surface area (Å²) in [6, 6.07) is 0. The standard InChI is InChI=1S/C15H24O3/c1-2-3-6-9-14(17)10-7-4-5-8-11-15(18)12-13-16/h3-8,10-11,14-18H,2,9,12-13H2,1H3/b5-4-,6-3-,10-7+,11-8+/t14-,15+/m0/s1. The molecule has 3 nitrogen and oxygen atoms in total. The summed E-state index contributed by atoms with van der Waals surface area (Å²) in [5, 5.41) is 27.4. The predicted molar refractivity (Wildman–Crippen MR) is 75.2 cm³/mol. The Labute approximate surface area is 109 Å². The topological polar surface area (TPSA) is 60.7 Å². The Balaban J connectivity index is 3.82. The normalized spacial score (nSPS) is 16.4. The summed E-state index contributed by atoms with van der Waals surface area (Å²) in [5.74, 6) is 0. The highest BCUT2D eigenvalue weighted by Gasteiger charge is 1.94. The van der Waals surface area contributed by atoms with Gasteiger partial charge in [-0.05, 0) is 19.3 Å². The number of allylic oxidation sites excluding steroid dienone is 5. The van der Waals surface area contributed by atoms with Crippen LogP contribution in [0.5, 0.6) is 0 Å². The molecule has 0 rings (SSSR count). The molecule has 0 heterocycles. The molecule has 0 aromatic rings. The van der Waals surface area contributed by atoms with Crippen LogP contribution in [0.2, 0.25) is 0 Å². The number of aliphatic hydroxyl groups is 3. The highest BCUT2D eigenvalue weighted by atomic mass is 16.3. The zero-order valence-electron chi connectivity index (χ0n) is 10.9. The lowest BCUT2D eigenvalue weighted by molar-refractivity contribution is 0.170. The third kappa shape index (κ3) is 11.3. The van der Waals surface area contributed by atoms with Crippen molar-refractivity contribution in [2.45, 2.75) is 38.4 Å². The number of hydrogen-bond donors (Lipinski definition) is 3. The highest BCUT2D eigenvalue weighted by Crippen LogP contribution is 1.97. The average molecular weight is 252 g/mol. The van der Waals surface area contributed by atoms with E-state index >= 15 is 0 Å². The molecule has 0 fully saturated rings. The van der Waals surface area contributed by atoms with Crippen molar-refractivity contribution in [1.29, 1.82) is 0 Å². The molecule has 102 valence electrons. The monoisotopic (exact) mass is 252 g/mol. The second-order valence-corrected chi connectivity index (χ2v) is 3.92. The number of rotatable bonds is 9. The van der Waals surface area contributed by atoms with Crippen LogP contribution in [0.1, 0.15) is 26.2 Å². The van der Waals surface area contributed by atoms with Gasteiger partial charge in [-0.1, -0.05) is 55.5 Å². The second-order valence-electron chi connectivity index (χ2n) is 3.92. The lowest BCUT2D eigenvalue weighted by atomic mass is 10.2. The summed E-state index contributed by atoms with van der Waals surface area (Å²) in [5.41, 5.74) is 0. The molecule has 0 unspecified atom stereocenters. The van der Waals surface area contributed by atoms with Crippen LogP contribution >= 0.6 is 0 Å². The smallest absolute Gasteiger partial charge is 0.0758 e. The molecule has 3 heteroatoms. The minimum absolute atomic E-state index is 0.0212. The summed E-state index contributed by atoms with van der Waals surface area (Å²) in [4.78, 5) is 0. The van der Waals surface area contributed by atoms with Crippen molar-refractivity contribution in [2.75, 3.05) is 6.61 Å². The zero-order chi connectivity index (χ0) is 13.6. The zero-order valence-corrected chi connectivity index (χ0v) is 10.9. The van der Waals surface area contributed by atoms with E-state index in [-0.39, 0.29) is 6.61 Å². The molecule has 0 bridgehead atoms. The Hall–Kier alpha value is -1.16. The molecule has 0 spiro atoms. The SMILES string of the molecule is CC/C=C\C[C@H](O)/C=C/C=C\C=C\[C@@H](O)CCO. The van der Waals surface area contributed by atoms with Crippen molar-refractivity contribution >= 4 is 0 Å². The van der Waals surface area contributed by atoms with Gasteiger partial charge >= 0.3 is 0 Å². The Morgan fingerprint density at radius 1 is 0.889 bits per heavy atom. The largest absolute Gasteiger partial charge is 0.396 e. The first-order valence-electron chi connectivity index (χ1n) is 6.34. The Morgan fingerprint density at radius 2 is 1.50 bits per heavy atom. The molecule has 0 saturated carbocycles. The van der Waals surface area contributed by atoms with Crippen molar-refractivity contribution in [3.8, 4) is 0 Å². The molecule has 0 saturated heterocycles. The van der Waals surface area contributed by atoms with E-state index in [0.29, 0.717) is 12.8 Å². The molecule has 0 amide bonds. The van der Waals surface area contributed by atoms with Gasteiger partial charge in [0, 0.05) is 6.61 Å². The summed E-state index contributed by atoms with van der Waals surface area (Å²) in [7, 11) is 0. The lowest BCUT2D eigenvalue weighted by Crippen LogP contribution is -2.03. The minimum Gasteiger partial charge on any atom is -0.396 e. The molecule has 0 aromatic heterocycles. The van der Waals surface area contributed by atoms with E-state index in [1.165, 1.54) is 0 Å². The maximum absolute atomic E-state index is 9.53. The molecule has 0 aliphatic heterocycles. The minimum atomic E-state index is -0.603. The molecule has 3 N–H and O–H groups in total. The van der Waals surface area contributed by atoms with Gasteiger partial charge in [-0.25, -0.2) is 0 Å². The van der Waals surface area contributed by atoms with Gasteiger partial charge in [-0.2, -0.15) is 0 Å². The maximum atomic E-state index is 9.53. The van der Waals surface area contributed by atoms with Gasteiger partial charge in [0.2, 0.25) is 0 Å². The number of aliphatic hydroxyl groups excluding tert-OH is 3. The molecular formula is C15H24O3. The lowest BCUT2D eigenvalue weighted by Gasteiger charge is -1.99. The molecule has 2 atom stereocenters. The van der Waals surface area contributed by atoms with Crippen molar-refractivity contribution in [2.24, 2.45) is 0 Å². The van der Waals surface area contributed by atoms with Crippen LogP contribution in [0.15, 0.2) is 48.6 Å². The Kier molecular flexibility index (Phi) is 11.5. The van der Waals surface area contributed by atoms with E-state index in [4.69, 9.17) is 5.11 Å². The van der Waals surface area contributed by atoms with Crippen LogP contribution in [-0.4, -0.2) is 34.1 Å². The fraction of sp³-hybridized carbons (Fsp3) is 0.467. The van der Waals surface area contributed by atoms with Gasteiger partial charge in [0.05, 0.1) is 12.2 Å². The van der Waals surface area contributed by atoms with Gasteiger partial charge in [-0.3, -0.25) is 0 Å². The third-order valence-electron chi connectivity index (χ3n) is 2.20. The van der Waals surface area contributed by atoms with Crippen molar-refractivity contribution in [1.82, 2.24) is 0 Å². The average Bonchev–Trinajstić information content (AvgIpc) is 2.34. The summed E-state index contributed by atoms with van der Waals surface area (Å²) >= 11 is 0. The summed E-state index contributed by atoms with van der Waals surface area (Å²) < 4.78 is 0. The third-order valence-corrected chi connectivity index (χ3v) is 2.20. The van der Waals surface area contributed by atoms with Gasteiger partial charge in [0.1, 0.15) is 0 Å². The first-order chi connectivity index (χ1) is 8.70. The second kappa shape index (κ2) is 12.3. The Morgan fingerprint density at radius 3 is 2.06 bits per heavy atom. The predicted octanol–water partition coefficient (Wildman–Crippen LogP) is 2.12. The molecule has 0 radical (unpaired) electrons. The highest BCUT2D eigenvalue weighted by molar-refractivity contribution is 5.13. The van der Waals surface area contributed by atoms with Crippen LogP contribution in [0, 0.1) is 0 Å². The van der Waals surface area contributed by atoms with Crippen LogP contribution in [0.4, 0.5) is 0 Å². The first kappa shape index (κ1) is 16.8. The van der Waals surface area contributed by atoms with E-state index in [9.17, 15) is 10.2 Å². The number of hydrogen-bond acceptors (Lipinski definition) is 3. The van der Waals surface area contributed by atoms with Crippen molar-refractivity contribution < 1.29 is 15.3 Å². The van der Waals surface area contributed by atoms with Crippen molar-refractivity contribution in [3.05, 3.63) is 48.6 Å². The quantitative estimate of drug-likeness (QED) is 0.435. The van der Waals surface area contributed by atoms with Crippen LogP contribution in [0.25, 0.3) is 0 Å². The van der Waals surface area contributed by atoms with Crippen LogP contribution < -0.4 is 0 Å². The first-order valence-corrected chi connectivity index (χ1v) is 6.34. The van der Waals surface area contributed by atoms with Crippen LogP contribution in [0.3, 0.4) is 0 Å². The Bertz CT molecular complexity index is 290. The molecule has 0 aromatic carbocycles. The summed E-state index contributed by atoms with van der Waals surface area (Å²) in [6.45, 7) is 2.03. The van der Waals surface area contributed by atoms with Gasteiger partial charge in [0.15, 0.2) is 0 Å².